The Hall–Kier alpha value is -0.630. The third kappa shape index (κ3) is 3.44. The summed E-state index contributed by atoms with van der Waals surface area (Å²) < 4.78 is 0. The van der Waals surface area contributed by atoms with Crippen molar-refractivity contribution >= 4 is 6.29 Å². The van der Waals surface area contributed by atoms with Crippen molar-refractivity contribution in [2.75, 3.05) is 0 Å². The summed E-state index contributed by atoms with van der Waals surface area (Å²) in [6, 6.07) is 0. The lowest BCUT2D eigenvalue weighted by Crippen LogP contribution is -2.37. The van der Waals surface area contributed by atoms with Crippen LogP contribution in [0.1, 0.15) is 59.3 Å². The van der Waals surface area contributed by atoms with Crippen molar-refractivity contribution in [3.8, 4) is 0 Å². The molecule has 1 aliphatic carbocycles. The summed E-state index contributed by atoms with van der Waals surface area (Å²) in [5.74, 6) is 0. The molecule has 92 valence electrons. The molecule has 0 aromatic carbocycles. The molecule has 0 atom stereocenters. The van der Waals surface area contributed by atoms with Gasteiger partial charge in [0.05, 0.1) is 5.60 Å². The number of aliphatic hydroxyl groups is 1. The molecule has 1 fully saturated rings. The van der Waals surface area contributed by atoms with Crippen LogP contribution >= 0.6 is 0 Å². The summed E-state index contributed by atoms with van der Waals surface area (Å²) in [5, 5.41) is 10.1. The van der Waals surface area contributed by atoms with E-state index in [1.165, 1.54) is 0 Å². The molecule has 0 unspecified atom stereocenters. The van der Waals surface area contributed by atoms with Gasteiger partial charge in [-0.05, 0) is 50.0 Å². The summed E-state index contributed by atoms with van der Waals surface area (Å²) in [6.07, 6.45) is 8.57. The third-order valence-corrected chi connectivity index (χ3v) is 3.81. The van der Waals surface area contributed by atoms with Crippen molar-refractivity contribution in [3.63, 3.8) is 0 Å². The summed E-state index contributed by atoms with van der Waals surface area (Å²) >= 11 is 0. The number of carbonyl (C=O) groups excluding carboxylic acids is 1. The van der Waals surface area contributed by atoms with E-state index in [2.05, 4.69) is 19.9 Å². The topological polar surface area (TPSA) is 37.3 Å². The molecule has 0 aliphatic heterocycles. The Balaban J connectivity index is 2.47. The van der Waals surface area contributed by atoms with Crippen molar-refractivity contribution in [1.82, 2.24) is 0 Å². The maximum absolute atomic E-state index is 10.3. The Morgan fingerprint density at radius 2 is 2.06 bits per heavy atom. The van der Waals surface area contributed by atoms with Gasteiger partial charge in [-0.1, -0.05) is 19.9 Å². The Labute approximate surface area is 98.7 Å². The van der Waals surface area contributed by atoms with Crippen molar-refractivity contribution < 1.29 is 9.90 Å². The van der Waals surface area contributed by atoms with Crippen LogP contribution in [0.25, 0.3) is 0 Å². The average molecular weight is 224 g/mol. The fourth-order valence-corrected chi connectivity index (χ4v) is 2.08. The van der Waals surface area contributed by atoms with Gasteiger partial charge in [0.1, 0.15) is 6.29 Å². The Morgan fingerprint density at radius 3 is 2.50 bits per heavy atom. The molecule has 2 nitrogen and oxygen atoms in total. The van der Waals surface area contributed by atoms with Crippen LogP contribution in [-0.4, -0.2) is 17.0 Å². The molecule has 1 N–H and O–H groups in total. The first-order valence-electron chi connectivity index (χ1n) is 6.23. The predicted octanol–water partition coefficient (Wildman–Crippen LogP) is 3.24. The standard InChI is InChI=1S/C14H24O2/c1-12(14(16)8-4-9-14)6-10-13(2,3)7-5-11-15/h6,11,16H,4-5,7-10H2,1-3H3/b12-6+. The minimum atomic E-state index is -0.513. The molecule has 0 saturated heterocycles. The zero-order valence-corrected chi connectivity index (χ0v) is 10.8. The minimum Gasteiger partial charge on any atom is -0.386 e. The molecule has 16 heavy (non-hydrogen) atoms. The second kappa shape index (κ2) is 5.13. The van der Waals surface area contributed by atoms with Gasteiger partial charge in [-0.2, -0.15) is 0 Å². The van der Waals surface area contributed by atoms with Crippen LogP contribution in [0.2, 0.25) is 0 Å². The maximum Gasteiger partial charge on any atom is 0.120 e. The van der Waals surface area contributed by atoms with Crippen LogP contribution in [0.15, 0.2) is 11.6 Å². The molecule has 2 heteroatoms. The monoisotopic (exact) mass is 224 g/mol. The van der Waals surface area contributed by atoms with Crippen LogP contribution in [-0.2, 0) is 4.79 Å². The van der Waals surface area contributed by atoms with Gasteiger partial charge >= 0.3 is 0 Å². The van der Waals surface area contributed by atoms with Crippen LogP contribution in [0, 0.1) is 5.41 Å². The van der Waals surface area contributed by atoms with E-state index in [9.17, 15) is 9.90 Å². The normalized spacial score (nSPS) is 20.4. The van der Waals surface area contributed by atoms with Gasteiger partial charge in [0.15, 0.2) is 0 Å². The summed E-state index contributed by atoms with van der Waals surface area (Å²) in [6.45, 7) is 6.37. The fourth-order valence-electron chi connectivity index (χ4n) is 2.08. The smallest absolute Gasteiger partial charge is 0.120 e. The molecule has 0 aromatic heterocycles. The highest BCUT2D eigenvalue weighted by Gasteiger charge is 2.35. The Bertz CT molecular complexity index is 272. The zero-order chi connectivity index (χ0) is 12.2. The zero-order valence-electron chi connectivity index (χ0n) is 10.8. The van der Waals surface area contributed by atoms with Crippen molar-refractivity contribution in [3.05, 3.63) is 11.6 Å². The maximum atomic E-state index is 10.3. The summed E-state index contributed by atoms with van der Waals surface area (Å²) in [7, 11) is 0. The SMILES string of the molecule is C/C(=C\CC(C)(C)CCC=O)C1(O)CCC1. The molecule has 0 bridgehead atoms. The first-order chi connectivity index (χ1) is 7.40. The van der Waals surface area contributed by atoms with E-state index in [1.807, 2.05) is 6.92 Å². The quantitative estimate of drug-likeness (QED) is 0.555. The van der Waals surface area contributed by atoms with Gasteiger partial charge in [0, 0.05) is 6.42 Å². The lowest BCUT2D eigenvalue weighted by atomic mass is 9.74. The highest BCUT2D eigenvalue weighted by molar-refractivity contribution is 5.49. The van der Waals surface area contributed by atoms with Crippen molar-refractivity contribution in [2.45, 2.75) is 64.9 Å². The van der Waals surface area contributed by atoms with E-state index in [-0.39, 0.29) is 5.41 Å². The van der Waals surface area contributed by atoms with Crippen molar-refractivity contribution in [1.29, 1.82) is 0 Å². The van der Waals surface area contributed by atoms with Crippen LogP contribution in [0.5, 0.6) is 0 Å². The van der Waals surface area contributed by atoms with Gasteiger partial charge in [-0.3, -0.25) is 0 Å². The molecular weight excluding hydrogens is 200 g/mol. The first kappa shape index (κ1) is 13.4. The Kier molecular flexibility index (Phi) is 4.31. The number of aldehydes is 1. The second-order valence-electron chi connectivity index (χ2n) is 5.85. The van der Waals surface area contributed by atoms with E-state index in [0.717, 1.165) is 44.0 Å². The average Bonchev–Trinajstić information content (AvgIpc) is 2.20. The highest BCUT2D eigenvalue weighted by Crippen LogP contribution is 2.39. The lowest BCUT2D eigenvalue weighted by Gasteiger charge is -2.38. The summed E-state index contributed by atoms with van der Waals surface area (Å²) in [4.78, 5) is 10.3. The number of allylic oxidation sites excluding steroid dienone is 1. The predicted molar refractivity (Wildman–Crippen MR) is 66.3 cm³/mol. The minimum absolute atomic E-state index is 0.155. The van der Waals surface area contributed by atoms with E-state index in [0.29, 0.717) is 6.42 Å². The van der Waals surface area contributed by atoms with E-state index < -0.39 is 5.60 Å². The largest absolute Gasteiger partial charge is 0.386 e. The van der Waals surface area contributed by atoms with Gasteiger partial charge in [-0.15, -0.1) is 0 Å². The van der Waals surface area contributed by atoms with Gasteiger partial charge in [0.2, 0.25) is 0 Å². The van der Waals surface area contributed by atoms with Crippen LogP contribution in [0.4, 0.5) is 0 Å². The van der Waals surface area contributed by atoms with Gasteiger partial charge in [0.25, 0.3) is 0 Å². The second-order valence-corrected chi connectivity index (χ2v) is 5.85. The molecule has 1 saturated carbocycles. The molecule has 0 aromatic rings. The molecule has 0 radical (unpaired) electrons. The highest BCUT2D eigenvalue weighted by atomic mass is 16.3. The number of rotatable bonds is 6. The lowest BCUT2D eigenvalue weighted by molar-refractivity contribution is -0.108. The molecule has 1 aliphatic rings. The Morgan fingerprint density at radius 1 is 1.44 bits per heavy atom. The number of hydrogen-bond acceptors (Lipinski definition) is 2. The van der Waals surface area contributed by atoms with Gasteiger partial charge in [-0.25, -0.2) is 0 Å². The number of carbonyl (C=O) groups is 1. The van der Waals surface area contributed by atoms with E-state index in [1.54, 1.807) is 0 Å². The molecular formula is C14H24O2. The summed E-state index contributed by atoms with van der Waals surface area (Å²) in [5.41, 5.74) is 0.751. The molecule has 1 rings (SSSR count). The van der Waals surface area contributed by atoms with Crippen LogP contribution < -0.4 is 0 Å². The number of hydrogen-bond donors (Lipinski definition) is 1. The van der Waals surface area contributed by atoms with E-state index in [4.69, 9.17) is 0 Å². The third-order valence-electron chi connectivity index (χ3n) is 3.81. The van der Waals surface area contributed by atoms with Crippen molar-refractivity contribution in [2.24, 2.45) is 5.41 Å². The first-order valence-corrected chi connectivity index (χ1v) is 6.23. The molecule has 0 heterocycles. The fraction of sp³-hybridized carbons (Fsp3) is 0.786. The molecule has 0 spiro atoms. The van der Waals surface area contributed by atoms with E-state index >= 15 is 0 Å². The van der Waals surface area contributed by atoms with Crippen LogP contribution in [0.3, 0.4) is 0 Å². The van der Waals surface area contributed by atoms with Gasteiger partial charge < -0.3 is 9.90 Å². The molecule has 0 amide bonds.